The number of rotatable bonds is 12. The van der Waals surface area contributed by atoms with Crippen LogP contribution < -0.4 is 5.43 Å². The molecule has 5 aromatic rings. The van der Waals surface area contributed by atoms with Gasteiger partial charge in [0, 0.05) is 67.3 Å². The minimum Gasteiger partial charge on any atom is -0.383 e. The fourth-order valence-electron chi connectivity index (χ4n) is 5.13. The summed E-state index contributed by atoms with van der Waals surface area (Å²) in [7, 11) is -3.06. The molecule has 4 aromatic carbocycles. The van der Waals surface area contributed by atoms with Crippen LogP contribution in [-0.4, -0.2) is 59.5 Å². The number of amides is 1. The van der Waals surface area contributed by atoms with Crippen molar-refractivity contribution in [2.24, 2.45) is 0 Å². The molecule has 0 unspecified atom stereocenters. The predicted octanol–water partition coefficient (Wildman–Crippen LogP) is 8.71. The molecule has 0 bridgehead atoms. The van der Waals surface area contributed by atoms with Gasteiger partial charge in [0.2, 0.25) is 5.91 Å². The number of hydrogen-bond donors (Lipinski definition) is 0. The Morgan fingerprint density at radius 1 is 1.00 bits per heavy atom. The molecule has 0 atom stereocenters. The topological polar surface area (TPSA) is 54.8 Å². The first-order valence-electron chi connectivity index (χ1n) is 27.4. The van der Waals surface area contributed by atoms with E-state index in [1.54, 1.807) is 0 Å². The number of thioether (sulfide) groups is 1. The number of piperidine rings is 1. The third kappa shape index (κ3) is 9.17. The normalized spacial score (nSPS) is 21.7. The van der Waals surface area contributed by atoms with Crippen LogP contribution in [0.15, 0.2) is 100 Å². The second-order valence-corrected chi connectivity index (χ2v) is 12.0. The summed E-state index contributed by atoms with van der Waals surface area (Å²) >= 11 is -0.388. The number of hydrogen-bond acceptors (Lipinski definition) is 5. The molecule has 6 nitrogen and oxygen atoms in total. The molecule has 0 N–H and O–H groups in total. The molecule has 0 saturated carbocycles. The Morgan fingerprint density at radius 2 is 1.70 bits per heavy atom. The average Bonchev–Trinajstić information content (AvgIpc) is 3.32. The Hall–Kier alpha value is -4.52. The first-order chi connectivity index (χ1) is 35.1. The molecule has 1 aliphatic rings. The Balaban J connectivity index is 1.63. The van der Waals surface area contributed by atoms with Crippen molar-refractivity contribution in [1.29, 1.82) is 0 Å². The van der Waals surface area contributed by atoms with Crippen molar-refractivity contribution in [3.63, 3.8) is 0 Å². The molecule has 1 aromatic heterocycles. The summed E-state index contributed by atoms with van der Waals surface area (Å²) in [4.78, 5) is 30.8. The van der Waals surface area contributed by atoms with Crippen molar-refractivity contribution in [2.75, 3.05) is 33.2 Å². The van der Waals surface area contributed by atoms with E-state index in [4.69, 9.17) is 30.2 Å². The summed E-state index contributed by atoms with van der Waals surface area (Å²) in [6.45, 7) is -8.66. The van der Waals surface area contributed by atoms with Gasteiger partial charge in [-0.05, 0) is 66.7 Å². The van der Waals surface area contributed by atoms with Crippen LogP contribution in [0.25, 0.3) is 22.0 Å². The molecule has 53 heavy (non-hydrogen) atoms. The molecule has 1 saturated heterocycles. The zero-order valence-electron chi connectivity index (χ0n) is 51.2. The minimum atomic E-state index is -5.46. The van der Waals surface area contributed by atoms with E-state index in [0.717, 1.165) is 11.8 Å². The van der Waals surface area contributed by atoms with E-state index < -0.39 is 234 Å². The Labute approximate surface area is 342 Å². The molecule has 278 valence electrons. The van der Waals surface area contributed by atoms with Gasteiger partial charge in [-0.1, -0.05) is 59.9 Å². The van der Waals surface area contributed by atoms with Crippen LogP contribution in [0.5, 0.6) is 0 Å². The smallest absolute Gasteiger partial charge is 0.383 e. The summed E-state index contributed by atoms with van der Waals surface area (Å²) in [6.07, 6.45) is -6.48. The van der Waals surface area contributed by atoms with E-state index in [-0.39, 0.29) is 22.2 Å². The van der Waals surface area contributed by atoms with Gasteiger partial charge in [0.1, 0.15) is 6.54 Å². The van der Waals surface area contributed by atoms with Gasteiger partial charge in [0.15, 0.2) is 17.1 Å². The number of alkyl halides is 3. The van der Waals surface area contributed by atoms with Crippen LogP contribution in [0.1, 0.15) is 68.0 Å². The van der Waals surface area contributed by atoms with Crippen LogP contribution in [0.4, 0.5) is 22.0 Å². The van der Waals surface area contributed by atoms with E-state index >= 15 is 9.18 Å². The van der Waals surface area contributed by atoms with Gasteiger partial charge < -0.3 is 19.1 Å². The van der Waals surface area contributed by atoms with Crippen molar-refractivity contribution in [3.8, 4) is 11.1 Å². The summed E-state index contributed by atoms with van der Waals surface area (Å²) in [5.41, 5.74) is -13.5. The molecule has 12 heteroatoms. The molecule has 0 spiro atoms. The largest absolute Gasteiger partial charge is 0.416 e. The highest BCUT2D eigenvalue weighted by Gasteiger charge is 2.31. The number of carbonyl (C=O) groups excluding carboxylic acids is 1. The van der Waals surface area contributed by atoms with Gasteiger partial charge in [-0.25, -0.2) is 8.78 Å². The Morgan fingerprint density at radius 3 is 2.38 bits per heavy atom. The minimum absolute atomic E-state index is 0.282. The maximum atomic E-state index is 15.6. The van der Waals surface area contributed by atoms with Crippen LogP contribution >= 0.6 is 11.8 Å². The number of nitrogens with zero attached hydrogens (tertiary/aromatic N) is 3. The summed E-state index contributed by atoms with van der Waals surface area (Å²) < 4.78 is 281. The molecule has 1 amide bonds. The number of methoxy groups -OCH3 is 1. The average molecular weight is 774 g/mol. The zero-order valence-corrected chi connectivity index (χ0v) is 28.0. The molecule has 0 radical (unpaired) electrons. The molecule has 0 aliphatic carbocycles. The maximum absolute atomic E-state index is 15.6. The SMILES string of the molecule is [2H]c1c([2H])c(F)c(F)c(C([2H])([2H])Sc2c([2H])c(=O)c3c([2H])c(C)c([2H])c([2H])c3n2CC(=O)N(C2CCN(C([2H])([2H])COC([2H])([2H])[2H])CC2)C([2H])([2H])c2c([2H])c([2H])c(-c3c([2H])c([2H])c(C(F)(F)F)c([2H])c3[2H])c([2H])c2[2H])c1[2H]. The second kappa shape index (κ2) is 16.7. The van der Waals surface area contributed by atoms with E-state index in [2.05, 4.69) is 4.74 Å². The maximum Gasteiger partial charge on any atom is 0.416 e. The van der Waals surface area contributed by atoms with Gasteiger partial charge in [0.05, 0.1) is 50.1 Å². The number of halogens is 5. The van der Waals surface area contributed by atoms with Crippen LogP contribution in [0.2, 0.25) is 0 Å². The van der Waals surface area contributed by atoms with Crippen LogP contribution in [0.3, 0.4) is 0 Å². The highest BCUT2D eigenvalue weighted by Crippen LogP contribution is 2.32. The quantitative estimate of drug-likeness (QED) is 0.0939. The number of pyridine rings is 1. The van der Waals surface area contributed by atoms with Crippen LogP contribution in [0, 0.1) is 18.6 Å². The second-order valence-electron chi connectivity index (χ2n) is 11.2. The first-order valence-corrected chi connectivity index (χ1v) is 16.2. The van der Waals surface area contributed by atoms with Crippen molar-refractivity contribution < 1.29 is 64.4 Å². The lowest BCUT2D eigenvalue weighted by Crippen LogP contribution is -2.48. The Bertz CT molecular complexity index is 3260. The third-order valence-corrected chi connectivity index (χ3v) is 8.49. The van der Waals surface area contributed by atoms with Crippen molar-refractivity contribution in [2.45, 2.75) is 55.8 Å². The van der Waals surface area contributed by atoms with Gasteiger partial charge in [-0.3, -0.25) is 9.59 Å². The van der Waals surface area contributed by atoms with Crippen LogP contribution in [-0.2, 0) is 34.5 Å². The zero-order chi connectivity index (χ0) is 58.6. The van der Waals surface area contributed by atoms with Gasteiger partial charge in [0.25, 0.3) is 0 Å². The van der Waals surface area contributed by atoms with Gasteiger partial charge >= 0.3 is 6.18 Å². The van der Waals surface area contributed by atoms with Crippen molar-refractivity contribution >= 4 is 28.6 Å². The lowest BCUT2D eigenvalue weighted by Gasteiger charge is -2.39. The van der Waals surface area contributed by atoms with Gasteiger partial charge in [-0.2, -0.15) is 13.2 Å². The lowest BCUT2D eigenvalue weighted by atomic mass is 10.00. The van der Waals surface area contributed by atoms with E-state index in [1.807, 2.05) is 0 Å². The summed E-state index contributed by atoms with van der Waals surface area (Å²) in [5, 5.41) is -1.95. The number of likely N-dealkylation sites (tertiary alicyclic amines) is 1. The summed E-state index contributed by atoms with van der Waals surface area (Å²) in [5.74, 6) is -5.86. The summed E-state index contributed by atoms with van der Waals surface area (Å²) in [6, 6.07) is -21.5. The number of ether oxygens (including phenoxy) is 1. The van der Waals surface area contributed by atoms with E-state index in [1.165, 1.54) is 0 Å². The molecule has 1 fully saturated rings. The van der Waals surface area contributed by atoms with E-state index in [0.29, 0.717) is 4.57 Å². The van der Waals surface area contributed by atoms with Gasteiger partial charge in [-0.15, -0.1) is 11.8 Å². The molecular weight excluding hydrogens is 710 g/mol. The fraction of sp³-hybridized carbons (Fsp3) is 0.317. The highest BCUT2D eigenvalue weighted by molar-refractivity contribution is 7.98. The molecule has 2 heterocycles. The predicted molar refractivity (Wildman–Crippen MR) is 198 cm³/mol. The Kier molecular flexibility index (Phi) is 5.72. The molecular formula is C41H40F5N3O3S. The molecule has 6 rings (SSSR count). The van der Waals surface area contributed by atoms with Crippen molar-refractivity contribution in [3.05, 3.63) is 135 Å². The molecule has 1 aliphatic heterocycles. The third-order valence-electron chi connectivity index (χ3n) is 7.67. The lowest BCUT2D eigenvalue weighted by molar-refractivity contribution is -0.137. The standard InChI is InChI=1S/C41H40F5N3O3S/c1-27-6-15-36-34(22-27)37(50)23-39(53-26-31-4-3-5-35(42)40(31)43)49(36)25-38(51)48(33-16-18-47(19-17-33)20-21-52-2)24-28-7-9-29(10-8-28)30-11-13-32(14-12-30)41(44,45)46/h3-15,22-23,33H,16-21,24-26H2,1-2H3/i2D3,3D,4D,5D,6D,7D,8D,9D,10D,11D,12D,13D,14D,15D,20D2,22D,23D,24D2,26D2. The van der Waals surface area contributed by atoms with E-state index in [9.17, 15) is 25.1 Å². The highest BCUT2D eigenvalue weighted by atomic mass is 32.2. The number of aromatic nitrogens is 1. The first kappa shape index (κ1) is 18.2. The monoisotopic (exact) mass is 773 g/mol. The number of benzene rings is 4. The van der Waals surface area contributed by atoms with Crippen molar-refractivity contribution in [1.82, 2.24) is 14.4 Å². The fourth-order valence-corrected chi connectivity index (χ4v) is 5.87. The number of fused-ring (bicyclic) bond motifs is 1. The number of carbonyl (C=O) groups is 1.